The molecular weight excluding hydrogens is 193 g/mol. The van der Waals surface area contributed by atoms with Gasteiger partial charge in [-0.2, -0.15) is 0 Å². The molecule has 0 aliphatic rings. The first-order chi connectivity index (χ1) is 6.20. The summed E-state index contributed by atoms with van der Waals surface area (Å²) in [5.41, 5.74) is 5.87. The highest BCUT2D eigenvalue weighted by atomic mass is 31.2. The minimum atomic E-state index is -2.12. The first-order valence-electron chi connectivity index (χ1n) is 3.26. The van der Waals surface area contributed by atoms with Crippen LogP contribution in [-0.4, -0.2) is 19.8 Å². The van der Waals surface area contributed by atoms with Crippen LogP contribution in [0.2, 0.25) is 0 Å². The summed E-state index contributed by atoms with van der Waals surface area (Å²) in [6.07, 6.45) is 4.74. The highest BCUT2D eigenvalue weighted by Gasteiger charge is 1.92. The molecule has 7 heteroatoms. The SMILES string of the molecule is NP(O)O.c1ncc2occc2n1. The number of aromatic nitrogens is 2. The second-order valence-corrected chi connectivity index (χ2v) is 2.65. The molecule has 2 aromatic rings. The Bertz CT molecular complexity index is 332. The Balaban J connectivity index is 0.000000184. The zero-order chi connectivity index (χ0) is 9.68. The smallest absolute Gasteiger partial charge is 0.247 e. The van der Waals surface area contributed by atoms with Crippen LogP contribution in [0.3, 0.4) is 0 Å². The van der Waals surface area contributed by atoms with E-state index in [0.29, 0.717) is 0 Å². The maximum Gasteiger partial charge on any atom is 0.247 e. The summed E-state index contributed by atoms with van der Waals surface area (Å²) in [5, 5.41) is 0. The number of furan rings is 1. The fourth-order valence-electron chi connectivity index (χ4n) is 0.714. The second kappa shape index (κ2) is 4.84. The van der Waals surface area contributed by atoms with Crippen molar-refractivity contribution in [2.45, 2.75) is 0 Å². The number of hydrogen-bond acceptors (Lipinski definition) is 6. The molecular formula is C6H8N3O3P. The number of nitrogens with two attached hydrogens (primary N) is 1. The van der Waals surface area contributed by atoms with Crippen molar-refractivity contribution in [2.75, 3.05) is 0 Å². The van der Waals surface area contributed by atoms with Crippen LogP contribution in [0.15, 0.2) is 29.3 Å². The minimum absolute atomic E-state index is 0.734. The summed E-state index contributed by atoms with van der Waals surface area (Å²) >= 11 is 0. The molecule has 13 heavy (non-hydrogen) atoms. The third kappa shape index (κ3) is 3.43. The van der Waals surface area contributed by atoms with E-state index in [2.05, 4.69) is 15.5 Å². The molecule has 4 N–H and O–H groups in total. The molecule has 0 aliphatic carbocycles. The number of nitrogens with zero attached hydrogens (tertiary/aromatic N) is 2. The van der Waals surface area contributed by atoms with E-state index in [-0.39, 0.29) is 0 Å². The quantitative estimate of drug-likeness (QED) is 0.532. The standard InChI is InChI=1S/C6H4N2O.H4NO2P/c1-2-9-6-3-7-4-8-5(1)6;1-4(2)3/h1-4H;2-3H,1H2. The first-order valence-corrected chi connectivity index (χ1v) is 4.57. The Labute approximate surface area is 75.0 Å². The fourth-order valence-corrected chi connectivity index (χ4v) is 0.714. The summed E-state index contributed by atoms with van der Waals surface area (Å²) in [4.78, 5) is 22.6. The molecule has 70 valence electrons. The zero-order valence-corrected chi connectivity index (χ0v) is 7.43. The summed E-state index contributed by atoms with van der Waals surface area (Å²) in [7, 11) is -2.12. The van der Waals surface area contributed by atoms with Gasteiger partial charge in [0, 0.05) is 6.07 Å². The molecule has 2 rings (SSSR count). The topological polar surface area (TPSA) is 105 Å². The molecule has 0 atom stereocenters. The lowest BCUT2D eigenvalue weighted by atomic mass is 10.5. The van der Waals surface area contributed by atoms with Gasteiger partial charge in [0.15, 0.2) is 5.58 Å². The van der Waals surface area contributed by atoms with E-state index in [1.165, 1.54) is 6.33 Å². The minimum Gasteiger partial charge on any atom is -0.461 e. The Hall–Kier alpha value is -1.07. The molecule has 6 nitrogen and oxygen atoms in total. The van der Waals surface area contributed by atoms with Crippen molar-refractivity contribution in [1.29, 1.82) is 0 Å². The van der Waals surface area contributed by atoms with Crippen molar-refractivity contribution >= 4 is 19.6 Å². The van der Waals surface area contributed by atoms with Crippen LogP contribution in [0.1, 0.15) is 0 Å². The third-order valence-corrected chi connectivity index (χ3v) is 1.13. The fraction of sp³-hybridized carbons (Fsp3) is 0. The summed E-state index contributed by atoms with van der Waals surface area (Å²) < 4.78 is 4.99. The second-order valence-electron chi connectivity index (χ2n) is 2.01. The number of hydrogen-bond donors (Lipinski definition) is 3. The van der Waals surface area contributed by atoms with Crippen molar-refractivity contribution < 1.29 is 14.2 Å². The van der Waals surface area contributed by atoms with Gasteiger partial charge in [-0.15, -0.1) is 0 Å². The maximum absolute atomic E-state index is 7.45. The van der Waals surface area contributed by atoms with Crippen LogP contribution in [-0.2, 0) is 0 Å². The molecule has 0 amide bonds. The molecule has 0 bridgehead atoms. The molecule has 0 aliphatic heterocycles. The first kappa shape index (κ1) is 10.0. The van der Waals surface area contributed by atoms with Crippen LogP contribution in [0, 0.1) is 0 Å². The van der Waals surface area contributed by atoms with E-state index in [4.69, 9.17) is 14.2 Å². The highest BCUT2D eigenvalue weighted by molar-refractivity contribution is 7.42. The third-order valence-electron chi connectivity index (χ3n) is 1.13. The largest absolute Gasteiger partial charge is 0.461 e. The molecule has 0 saturated carbocycles. The maximum atomic E-state index is 7.45. The van der Waals surface area contributed by atoms with E-state index in [9.17, 15) is 0 Å². The van der Waals surface area contributed by atoms with Crippen molar-refractivity contribution in [3.8, 4) is 0 Å². The van der Waals surface area contributed by atoms with E-state index >= 15 is 0 Å². The van der Waals surface area contributed by atoms with Gasteiger partial charge >= 0.3 is 0 Å². The van der Waals surface area contributed by atoms with Gasteiger partial charge in [0.2, 0.25) is 8.53 Å². The lowest BCUT2D eigenvalue weighted by Crippen LogP contribution is -1.78. The zero-order valence-electron chi connectivity index (χ0n) is 6.53. The monoisotopic (exact) mass is 201 g/mol. The van der Waals surface area contributed by atoms with Gasteiger partial charge in [-0.3, -0.25) is 5.50 Å². The Kier molecular flexibility index (Phi) is 3.72. The van der Waals surface area contributed by atoms with Gasteiger partial charge in [-0.1, -0.05) is 0 Å². The number of fused-ring (bicyclic) bond motifs is 1. The van der Waals surface area contributed by atoms with Gasteiger partial charge < -0.3 is 14.2 Å². The van der Waals surface area contributed by atoms with Crippen LogP contribution < -0.4 is 5.50 Å². The van der Waals surface area contributed by atoms with Crippen molar-refractivity contribution in [3.05, 3.63) is 24.9 Å². The van der Waals surface area contributed by atoms with Crippen molar-refractivity contribution in [1.82, 2.24) is 9.97 Å². The lowest BCUT2D eigenvalue weighted by Gasteiger charge is -1.80. The molecule has 2 aromatic heterocycles. The van der Waals surface area contributed by atoms with Gasteiger partial charge in [0.05, 0.1) is 12.5 Å². The molecule has 2 heterocycles. The van der Waals surface area contributed by atoms with Gasteiger partial charge in [-0.25, -0.2) is 9.97 Å². The Morgan fingerprint density at radius 2 is 2.15 bits per heavy atom. The van der Waals surface area contributed by atoms with E-state index in [1.54, 1.807) is 18.5 Å². The van der Waals surface area contributed by atoms with E-state index < -0.39 is 8.53 Å². The van der Waals surface area contributed by atoms with Crippen LogP contribution >= 0.6 is 8.53 Å². The predicted octanol–water partition coefficient (Wildman–Crippen LogP) is 0.379. The normalized spacial score (nSPS) is 9.85. The molecule has 0 saturated heterocycles. The van der Waals surface area contributed by atoms with E-state index in [0.717, 1.165) is 11.1 Å². The molecule has 0 fully saturated rings. The predicted molar refractivity (Wildman–Crippen MR) is 47.3 cm³/mol. The van der Waals surface area contributed by atoms with Crippen molar-refractivity contribution in [2.24, 2.45) is 5.50 Å². The Morgan fingerprint density at radius 1 is 1.46 bits per heavy atom. The molecule has 0 aromatic carbocycles. The lowest BCUT2D eigenvalue weighted by molar-refractivity contribution is 0.485. The van der Waals surface area contributed by atoms with Crippen LogP contribution in [0.4, 0.5) is 0 Å². The van der Waals surface area contributed by atoms with Gasteiger partial charge in [0.1, 0.15) is 11.8 Å². The summed E-state index contributed by atoms with van der Waals surface area (Å²) in [5.74, 6) is 0. The molecule has 0 spiro atoms. The average Bonchev–Trinajstić information content (AvgIpc) is 2.49. The van der Waals surface area contributed by atoms with Crippen LogP contribution in [0.5, 0.6) is 0 Å². The van der Waals surface area contributed by atoms with Gasteiger partial charge in [-0.05, 0) is 0 Å². The summed E-state index contributed by atoms with van der Waals surface area (Å²) in [6, 6.07) is 1.80. The van der Waals surface area contributed by atoms with Crippen LogP contribution in [0.25, 0.3) is 11.1 Å². The molecule has 0 unspecified atom stereocenters. The van der Waals surface area contributed by atoms with Crippen molar-refractivity contribution in [3.63, 3.8) is 0 Å². The van der Waals surface area contributed by atoms with Gasteiger partial charge in [0.25, 0.3) is 0 Å². The highest BCUT2D eigenvalue weighted by Crippen LogP contribution is 2.08. The Morgan fingerprint density at radius 3 is 2.77 bits per heavy atom. The summed E-state index contributed by atoms with van der Waals surface area (Å²) in [6.45, 7) is 0. The van der Waals surface area contributed by atoms with E-state index in [1.807, 2.05) is 0 Å². The number of rotatable bonds is 0. The average molecular weight is 201 g/mol. The molecule has 0 radical (unpaired) electrons.